The number of ether oxygens (including phenoxy) is 2. The summed E-state index contributed by atoms with van der Waals surface area (Å²) in [6, 6.07) is 17.4. The number of rotatable bonds is 8. The van der Waals surface area contributed by atoms with Crippen molar-refractivity contribution in [3.05, 3.63) is 66.6 Å². The number of nitrogen functional groups attached to an aromatic ring is 1. The lowest BCUT2D eigenvalue weighted by Gasteiger charge is -2.13. The molecular weight excluding hydrogens is 390 g/mol. The Bertz CT molecular complexity index is 1180. The molecular formula is C24H25N5O2. The van der Waals surface area contributed by atoms with Crippen molar-refractivity contribution in [2.45, 2.75) is 26.7 Å². The molecule has 2 heterocycles. The lowest BCUT2D eigenvalue weighted by molar-refractivity contribution is 0.309. The number of pyridine rings is 1. The van der Waals surface area contributed by atoms with Crippen LogP contribution >= 0.6 is 0 Å². The lowest BCUT2D eigenvalue weighted by Crippen LogP contribution is -2.03. The molecule has 0 aliphatic rings. The number of hydrogen-bond donors (Lipinski definition) is 2. The number of nitrogens with two attached hydrogens (primary N) is 1. The van der Waals surface area contributed by atoms with Gasteiger partial charge in [-0.2, -0.15) is 4.98 Å². The van der Waals surface area contributed by atoms with Crippen LogP contribution in [0.1, 0.15) is 25.5 Å². The first-order valence-electron chi connectivity index (χ1n) is 10.3. The average molecular weight is 415 g/mol. The fraction of sp³-hybridized carbons (Fsp3) is 0.208. The van der Waals surface area contributed by atoms with Crippen molar-refractivity contribution >= 4 is 28.1 Å². The predicted octanol–water partition coefficient (Wildman–Crippen LogP) is 5.63. The number of anilines is 3. The maximum atomic E-state index is 6.31. The normalized spacial score (nSPS) is 10.8. The summed E-state index contributed by atoms with van der Waals surface area (Å²) in [4.78, 5) is 13.1. The van der Waals surface area contributed by atoms with Gasteiger partial charge in [-0.3, -0.25) is 0 Å². The molecule has 0 atom stereocenters. The number of unbranched alkanes of at least 4 members (excludes halogenated alkanes) is 1. The fourth-order valence-corrected chi connectivity index (χ4v) is 3.07. The Labute approximate surface area is 181 Å². The van der Waals surface area contributed by atoms with Gasteiger partial charge in [-0.1, -0.05) is 31.5 Å². The zero-order chi connectivity index (χ0) is 21.6. The molecule has 4 rings (SSSR count). The van der Waals surface area contributed by atoms with E-state index in [0.29, 0.717) is 23.9 Å². The Morgan fingerprint density at radius 2 is 1.84 bits per heavy atom. The van der Waals surface area contributed by atoms with Gasteiger partial charge in [0.05, 0.1) is 6.61 Å². The quantitative estimate of drug-likeness (QED) is 0.360. The van der Waals surface area contributed by atoms with Crippen molar-refractivity contribution in [2.75, 3.05) is 17.7 Å². The number of benzene rings is 2. The number of aromatic nitrogens is 3. The highest BCUT2D eigenvalue weighted by molar-refractivity contribution is 5.85. The first-order chi connectivity index (χ1) is 15.1. The molecule has 2 aromatic carbocycles. The van der Waals surface area contributed by atoms with Crippen molar-refractivity contribution in [1.29, 1.82) is 0 Å². The summed E-state index contributed by atoms with van der Waals surface area (Å²) in [6.45, 7) is 4.79. The van der Waals surface area contributed by atoms with Gasteiger partial charge in [-0.25, -0.2) is 9.97 Å². The molecule has 0 aliphatic carbocycles. The monoisotopic (exact) mass is 415 g/mol. The van der Waals surface area contributed by atoms with Crippen LogP contribution in [0.3, 0.4) is 0 Å². The minimum atomic E-state index is 0.271. The van der Waals surface area contributed by atoms with Gasteiger partial charge < -0.3 is 20.5 Å². The molecule has 7 heteroatoms. The second-order valence-corrected chi connectivity index (χ2v) is 7.18. The van der Waals surface area contributed by atoms with E-state index in [0.717, 1.165) is 40.9 Å². The van der Waals surface area contributed by atoms with E-state index in [-0.39, 0.29) is 5.88 Å². The van der Waals surface area contributed by atoms with Crippen molar-refractivity contribution in [1.82, 2.24) is 15.0 Å². The second kappa shape index (κ2) is 9.30. The number of nitrogens with one attached hydrogen (secondary N) is 1. The topological polar surface area (TPSA) is 95.2 Å². The van der Waals surface area contributed by atoms with E-state index in [4.69, 9.17) is 15.2 Å². The van der Waals surface area contributed by atoms with Crippen LogP contribution in [0, 0.1) is 6.92 Å². The summed E-state index contributed by atoms with van der Waals surface area (Å²) in [5.74, 6) is 2.16. The Hall–Kier alpha value is -3.87. The van der Waals surface area contributed by atoms with Crippen LogP contribution in [0.4, 0.5) is 17.2 Å². The Morgan fingerprint density at radius 3 is 2.65 bits per heavy atom. The van der Waals surface area contributed by atoms with Crippen LogP contribution in [0.2, 0.25) is 0 Å². The van der Waals surface area contributed by atoms with Gasteiger partial charge in [0.25, 0.3) is 0 Å². The summed E-state index contributed by atoms with van der Waals surface area (Å²) >= 11 is 0. The second-order valence-electron chi connectivity index (χ2n) is 7.18. The Balaban J connectivity index is 1.53. The number of hydrogen-bond acceptors (Lipinski definition) is 7. The molecule has 158 valence electrons. The van der Waals surface area contributed by atoms with Gasteiger partial charge in [-0.15, -0.1) is 0 Å². The number of aryl methyl sites for hydroxylation is 1. The number of nitrogens with zero attached hydrogens (tertiary/aromatic N) is 3. The molecule has 0 spiro atoms. The predicted molar refractivity (Wildman–Crippen MR) is 123 cm³/mol. The largest absolute Gasteiger partial charge is 0.494 e. The maximum absolute atomic E-state index is 6.31. The zero-order valence-corrected chi connectivity index (χ0v) is 17.6. The third kappa shape index (κ3) is 4.83. The molecule has 31 heavy (non-hydrogen) atoms. The van der Waals surface area contributed by atoms with Crippen LogP contribution in [0.25, 0.3) is 10.9 Å². The van der Waals surface area contributed by atoms with Crippen molar-refractivity contribution in [2.24, 2.45) is 0 Å². The molecule has 0 saturated carbocycles. The van der Waals surface area contributed by atoms with Crippen molar-refractivity contribution in [3.63, 3.8) is 0 Å². The molecule has 7 nitrogen and oxygen atoms in total. The summed E-state index contributed by atoms with van der Waals surface area (Å²) in [5.41, 5.74) is 9.12. The Kier molecular flexibility index (Phi) is 6.12. The highest BCUT2D eigenvalue weighted by Gasteiger charge is 2.13. The van der Waals surface area contributed by atoms with E-state index in [1.165, 1.54) is 6.33 Å². The SMILES string of the molecule is CCCCOc1ccc(Nc2ncnc(Oc3cccc4ccc(C)nc34)c2N)cc1. The van der Waals surface area contributed by atoms with Gasteiger partial charge >= 0.3 is 0 Å². The molecule has 0 aliphatic heterocycles. The third-order valence-corrected chi connectivity index (χ3v) is 4.76. The number of fused-ring (bicyclic) bond motifs is 1. The van der Waals surface area contributed by atoms with E-state index < -0.39 is 0 Å². The molecule has 0 unspecified atom stereocenters. The summed E-state index contributed by atoms with van der Waals surface area (Å²) in [5, 5.41) is 4.19. The minimum absolute atomic E-state index is 0.271. The fourth-order valence-electron chi connectivity index (χ4n) is 3.07. The molecule has 0 amide bonds. The van der Waals surface area contributed by atoms with Crippen LogP contribution in [0.15, 0.2) is 60.9 Å². The van der Waals surface area contributed by atoms with Gasteiger partial charge in [-0.05, 0) is 49.7 Å². The van der Waals surface area contributed by atoms with Crippen LogP contribution in [-0.4, -0.2) is 21.6 Å². The summed E-state index contributed by atoms with van der Waals surface area (Å²) in [7, 11) is 0. The highest BCUT2D eigenvalue weighted by Crippen LogP contribution is 2.34. The van der Waals surface area contributed by atoms with Crippen molar-refractivity contribution in [3.8, 4) is 17.4 Å². The Morgan fingerprint density at radius 1 is 1.00 bits per heavy atom. The zero-order valence-electron chi connectivity index (χ0n) is 17.6. The van der Waals surface area contributed by atoms with Crippen molar-refractivity contribution < 1.29 is 9.47 Å². The highest BCUT2D eigenvalue weighted by atomic mass is 16.5. The third-order valence-electron chi connectivity index (χ3n) is 4.76. The first kappa shape index (κ1) is 20.4. The molecule has 2 aromatic heterocycles. The van der Waals surface area contributed by atoms with Crippen LogP contribution < -0.4 is 20.5 Å². The maximum Gasteiger partial charge on any atom is 0.248 e. The van der Waals surface area contributed by atoms with E-state index in [2.05, 4.69) is 27.2 Å². The van der Waals surface area contributed by atoms with Gasteiger partial charge in [0, 0.05) is 16.8 Å². The molecule has 4 aromatic rings. The van der Waals surface area contributed by atoms with E-state index in [9.17, 15) is 0 Å². The molecule has 3 N–H and O–H groups in total. The van der Waals surface area contributed by atoms with Gasteiger partial charge in [0.2, 0.25) is 5.88 Å². The lowest BCUT2D eigenvalue weighted by atomic mass is 10.2. The van der Waals surface area contributed by atoms with Gasteiger partial charge in [0.15, 0.2) is 11.6 Å². The molecule has 0 saturated heterocycles. The van der Waals surface area contributed by atoms with E-state index >= 15 is 0 Å². The summed E-state index contributed by atoms with van der Waals surface area (Å²) in [6.07, 6.45) is 3.55. The molecule has 0 bridgehead atoms. The number of para-hydroxylation sites is 1. The average Bonchev–Trinajstić information content (AvgIpc) is 2.78. The van der Waals surface area contributed by atoms with Crippen LogP contribution in [0.5, 0.6) is 17.4 Å². The standard InChI is InChI=1S/C24H25N5O2/c1-3-4-14-30-19-12-10-18(11-13-19)29-23-21(25)24(27-15-26-23)31-20-7-5-6-17-9-8-16(2)28-22(17)20/h5-13,15H,3-4,14,25H2,1-2H3,(H,26,27,29). The van der Waals surface area contributed by atoms with E-state index in [1.807, 2.05) is 61.5 Å². The smallest absolute Gasteiger partial charge is 0.248 e. The van der Waals surface area contributed by atoms with E-state index in [1.54, 1.807) is 0 Å². The van der Waals surface area contributed by atoms with Gasteiger partial charge in [0.1, 0.15) is 23.3 Å². The van der Waals surface area contributed by atoms with Crippen LogP contribution in [-0.2, 0) is 0 Å². The minimum Gasteiger partial charge on any atom is -0.494 e. The first-order valence-corrected chi connectivity index (χ1v) is 10.3. The molecule has 0 fully saturated rings. The molecule has 0 radical (unpaired) electrons. The summed E-state index contributed by atoms with van der Waals surface area (Å²) < 4.78 is 11.7.